The summed E-state index contributed by atoms with van der Waals surface area (Å²) >= 11 is 0. The molecule has 1 aliphatic heterocycles. The van der Waals surface area contributed by atoms with Crippen LogP contribution in [0.2, 0.25) is 0 Å². The molecule has 1 fully saturated rings. The van der Waals surface area contributed by atoms with E-state index < -0.39 is 29.5 Å². The van der Waals surface area contributed by atoms with E-state index in [1.807, 2.05) is 0 Å². The first-order valence-electron chi connectivity index (χ1n) is 8.21. The number of carboxylic acids is 1. The molecule has 0 aromatic heterocycles. The van der Waals surface area contributed by atoms with E-state index >= 15 is 0 Å². The number of rotatable bonds is 5. The highest BCUT2D eigenvalue weighted by molar-refractivity contribution is 6.46. The molecule has 1 unspecified atom stereocenters. The Balaban J connectivity index is 2.14. The van der Waals surface area contributed by atoms with Gasteiger partial charge in [-0.2, -0.15) is 0 Å². The number of aliphatic hydroxyl groups excluding tert-OH is 1. The number of carboxylic acid groups (broad SMARTS) is 1. The third kappa shape index (κ3) is 3.57. The van der Waals surface area contributed by atoms with Gasteiger partial charge in [0.15, 0.2) is 0 Å². The van der Waals surface area contributed by atoms with Crippen LogP contribution in [-0.2, 0) is 14.4 Å². The summed E-state index contributed by atoms with van der Waals surface area (Å²) in [6.07, 6.45) is -0.365. The molecule has 138 valence electrons. The van der Waals surface area contributed by atoms with Gasteiger partial charge in [-0.25, -0.2) is 4.39 Å². The minimum Gasteiger partial charge on any atom is -0.507 e. The number of amides is 1. The van der Waals surface area contributed by atoms with Crippen LogP contribution in [0.15, 0.2) is 60.2 Å². The number of carbonyl (C=O) groups is 3. The largest absolute Gasteiger partial charge is 0.507 e. The first kappa shape index (κ1) is 18.3. The fourth-order valence-electron chi connectivity index (χ4n) is 3.07. The molecule has 2 N–H and O–H groups in total. The number of hydrogen-bond donors (Lipinski definition) is 2. The molecule has 1 heterocycles. The second-order valence-electron chi connectivity index (χ2n) is 6.05. The fraction of sp³-hybridized carbons (Fsp3) is 0.150. The second-order valence-corrected chi connectivity index (χ2v) is 6.05. The number of halogens is 1. The van der Waals surface area contributed by atoms with Crippen LogP contribution >= 0.6 is 0 Å². The minimum atomic E-state index is -1.13. The number of ketones is 1. The van der Waals surface area contributed by atoms with Gasteiger partial charge in [0, 0.05) is 12.1 Å². The molecule has 1 amide bonds. The quantitative estimate of drug-likeness (QED) is 0.480. The SMILES string of the molecule is O=C(O)CCN1C(=O)C(=O)/C(=C(\O)c2ccccc2)C1c1ccc(F)cc1. The van der Waals surface area contributed by atoms with Crippen molar-refractivity contribution in [1.82, 2.24) is 4.90 Å². The molecule has 2 aromatic carbocycles. The van der Waals surface area contributed by atoms with E-state index in [1.165, 1.54) is 24.3 Å². The first-order valence-corrected chi connectivity index (χ1v) is 8.21. The Morgan fingerprint density at radius 3 is 2.22 bits per heavy atom. The zero-order chi connectivity index (χ0) is 19.6. The predicted molar refractivity (Wildman–Crippen MR) is 94.1 cm³/mol. The van der Waals surface area contributed by atoms with Crippen molar-refractivity contribution in [3.63, 3.8) is 0 Å². The van der Waals surface area contributed by atoms with Gasteiger partial charge in [-0.05, 0) is 17.7 Å². The summed E-state index contributed by atoms with van der Waals surface area (Å²) in [6.45, 7) is -0.215. The molecule has 1 atom stereocenters. The third-order valence-corrected chi connectivity index (χ3v) is 4.34. The van der Waals surface area contributed by atoms with Crippen LogP contribution in [0, 0.1) is 5.82 Å². The Labute approximate surface area is 154 Å². The maximum Gasteiger partial charge on any atom is 0.305 e. The summed E-state index contributed by atoms with van der Waals surface area (Å²) < 4.78 is 13.3. The fourth-order valence-corrected chi connectivity index (χ4v) is 3.07. The van der Waals surface area contributed by atoms with E-state index in [2.05, 4.69) is 0 Å². The number of likely N-dealkylation sites (tertiary alicyclic amines) is 1. The van der Waals surface area contributed by atoms with E-state index in [0.29, 0.717) is 11.1 Å². The Bertz CT molecular complexity index is 921. The third-order valence-electron chi connectivity index (χ3n) is 4.34. The number of carbonyl (C=O) groups excluding carboxylic acids is 2. The van der Waals surface area contributed by atoms with Crippen LogP contribution in [0.3, 0.4) is 0 Å². The molecule has 7 heteroatoms. The zero-order valence-electron chi connectivity index (χ0n) is 14.1. The van der Waals surface area contributed by atoms with Crippen LogP contribution in [-0.4, -0.2) is 39.3 Å². The van der Waals surface area contributed by atoms with E-state index in [4.69, 9.17) is 5.11 Å². The summed E-state index contributed by atoms with van der Waals surface area (Å²) in [5.74, 6) is -3.79. The van der Waals surface area contributed by atoms with Crippen molar-refractivity contribution in [2.24, 2.45) is 0 Å². The number of hydrogen-bond acceptors (Lipinski definition) is 4. The summed E-state index contributed by atoms with van der Waals surface area (Å²) in [6, 6.07) is 12.4. The van der Waals surface area contributed by atoms with E-state index in [1.54, 1.807) is 30.3 Å². The molecule has 0 radical (unpaired) electrons. The van der Waals surface area contributed by atoms with Gasteiger partial charge in [0.05, 0.1) is 18.0 Å². The molecule has 2 aromatic rings. The topological polar surface area (TPSA) is 94.9 Å². The molecule has 6 nitrogen and oxygen atoms in total. The van der Waals surface area contributed by atoms with Crippen molar-refractivity contribution < 1.29 is 29.0 Å². The van der Waals surface area contributed by atoms with Gasteiger partial charge >= 0.3 is 5.97 Å². The van der Waals surface area contributed by atoms with Gasteiger partial charge in [0.2, 0.25) is 0 Å². The average Bonchev–Trinajstić information content (AvgIpc) is 2.91. The molecule has 27 heavy (non-hydrogen) atoms. The molecule has 0 aliphatic carbocycles. The molecule has 0 bridgehead atoms. The van der Waals surface area contributed by atoms with Crippen molar-refractivity contribution in [2.75, 3.05) is 6.54 Å². The van der Waals surface area contributed by atoms with E-state index in [-0.39, 0.29) is 24.3 Å². The monoisotopic (exact) mass is 369 g/mol. The Morgan fingerprint density at radius 1 is 1.00 bits per heavy atom. The first-order chi connectivity index (χ1) is 12.9. The van der Waals surface area contributed by atoms with Gasteiger partial charge in [-0.15, -0.1) is 0 Å². The second kappa shape index (κ2) is 7.41. The number of aliphatic carboxylic acids is 1. The lowest BCUT2D eigenvalue weighted by Gasteiger charge is -2.24. The van der Waals surface area contributed by atoms with Gasteiger partial charge in [0.1, 0.15) is 11.6 Å². The van der Waals surface area contributed by atoms with Crippen molar-refractivity contribution in [3.8, 4) is 0 Å². The highest BCUT2D eigenvalue weighted by Gasteiger charge is 2.46. The summed E-state index contributed by atoms with van der Waals surface area (Å²) in [5, 5.41) is 19.6. The molecule has 1 aliphatic rings. The van der Waals surface area contributed by atoms with Gasteiger partial charge in [-0.3, -0.25) is 14.4 Å². The molecule has 3 rings (SSSR count). The van der Waals surface area contributed by atoms with Crippen molar-refractivity contribution >= 4 is 23.4 Å². The van der Waals surface area contributed by atoms with Gasteiger partial charge in [0.25, 0.3) is 11.7 Å². The lowest BCUT2D eigenvalue weighted by molar-refractivity contribution is -0.142. The molecular weight excluding hydrogens is 353 g/mol. The molecule has 0 spiro atoms. The highest BCUT2D eigenvalue weighted by Crippen LogP contribution is 2.39. The van der Waals surface area contributed by atoms with Crippen LogP contribution < -0.4 is 0 Å². The van der Waals surface area contributed by atoms with E-state index in [0.717, 1.165) is 4.90 Å². The van der Waals surface area contributed by atoms with Crippen LogP contribution in [0.4, 0.5) is 4.39 Å². The molecule has 1 saturated heterocycles. The smallest absolute Gasteiger partial charge is 0.305 e. The van der Waals surface area contributed by atoms with Gasteiger partial charge < -0.3 is 15.1 Å². The minimum absolute atomic E-state index is 0.150. The van der Waals surface area contributed by atoms with Gasteiger partial charge in [-0.1, -0.05) is 42.5 Å². The number of aliphatic hydroxyl groups is 1. The standard InChI is InChI=1S/C20H16FNO5/c21-14-8-6-12(7-9-14)17-16(18(25)13-4-2-1-3-5-13)19(26)20(27)22(17)11-10-15(23)24/h1-9,17,25H,10-11H2,(H,23,24)/b18-16-. The Kier molecular flexibility index (Phi) is 5.03. The predicted octanol–water partition coefficient (Wildman–Crippen LogP) is 2.72. The van der Waals surface area contributed by atoms with E-state index in [9.17, 15) is 23.9 Å². The summed E-state index contributed by atoms with van der Waals surface area (Å²) in [4.78, 5) is 37.1. The lowest BCUT2D eigenvalue weighted by atomic mass is 9.95. The van der Waals surface area contributed by atoms with Crippen molar-refractivity contribution in [1.29, 1.82) is 0 Å². The van der Waals surface area contributed by atoms with Crippen molar-refractivity contribution in [3.05, 3.63) is 77.1 Å². The number of nitrogens with zero attached hydrogens (tertiary/aromatic N) is 1. The number of benzene rings is 2. The maximum atomic E-state index is 13.3. The Hall–Kier alpha value is -3.48. The average molecular weight is 369 g/mol. The molecular formula is C20H16FNO5. The summed E-state index contributed by atoms with van der Waals surface area (Å²) in [7, 11) is 0. The lowest BCUT2D eigenvalue weighted by Crippen LogP contribution is -2.31. The van der Waals surface area contributed by atoms with Crippen molar-refractivity contribution in [2.45, 2.75) is 12.5 Å². The Morgan fingerprint density at radius 2 is 1.63 bits per heavy atom. The molecule has 0 saturated carbocycles. The number of Topliss-reactive ketones (excluding diaryl/α,β-unsaturated/α-hetero) is 1. The van der Waals surface area contributed by atoms with Crippen LogP contribution in [0.5, 0.6) is 0 Å². The highest BCUT2D eigenvalue weighted by atomic mass is 19.1. The normalized spacial score (nSPS) is 18.7. The zero-order valence-corrected chi connectivity index (χ0v) is 14.1. The van der Waals surface area contributed by atoms with Crippen LogP contribution in [0.25, 0.3) is 5.76 Å². The maximum absolute atomic E-state index is 13.3. The summed E-state index contributed by atoms with van der Waals surface area (Å²) in [5.41, 5.74) is 0.600. The van der Waals surface area contributed by atoms with Crippen LogP contribution in [0.1, 0.15) is 23.6 Å².